The first-order chi connectivity index (χ1) is 19.0. The largest absolute Gasteiger partial charge is 0.340 e. The van der Waals surface area contributed by atoms with Gasteiger partial charge < -0.3 is 31.1 Å². The summed E-state index contributed by atoms with van der Waals surface area (Å²) in [5.74, 6) is 0.146. The summed E-state index contributed by atoms with van der Waals surface area (Å²) in [5.41, 5.74) is 4.12. The van der Waals surface area contributed by atoms with E-state index in [1.165, 1.54) is 6.08 Å². The van der Waals surface area contributed by atoms with Gasteiger partial charge in [-0.15, -0.1) is 0 Å². The van der Waals surface area contributed by atoms with Crippen LogP contribution in [-0.4, -0.2) is 78.8 Å². The average molecular weight is 544 g/mol. The van der Waals surface area contributed by atoms with Gasteiger partial charge in [0.1, 0.15) is 5.84 Å². The molecule has 2 aromatic carbocycles. The fourth-order valence-corrected chi connectivity index (χ4v) is 4.98. The molecule has 210 valence electrons. The van der Waals surface area contributed by atoms with Crippen LogP contribution in [0.25, 0.3) is 0 Å². The second kappa shape index (κ2) is 11.7. The molecule has 1 unspecified atom stereocenters. The van der Waals surface area contributed by atoms with Crippen LogP contribution in [0.15, 0.2) is 77.3 Å². The minimum atomic E-state index is -0.454. The van der Waals surface area contributed by atoms with Crippen molar-refractivity contribution < 1.29 is 14.4 Å². The third-order valence-electron chi connectivity index (χ3n) is 7.01. The molecule has 4 amide bonds. The minimum Gasteiger partial charge on any atom is -0.340 e. The van der Waals surface area contributed by atoms with Crippen LogP contribution in [0.4, 0.5) is 21.9 Å². The number of rotatable bonds is 8. The Morgan fingerprint density at radius 2 is 1.77 bits per heavy atom. The second-order valence-electron chi connectivity index (χ2n) is 10.8. The first-order valence-corrected chi connectivity index (χ1v) is 13.2. The van der Waals surface area contributed by atoms with E-state index in [4.69, 9.17) is 4.99 Å². The number of hydrogen-bond acceptors (Lipinski definition) is 6. The molecule has 2 aliphatic heterocycles. The predicted molar refractivity (Wildman–Crippen MR) is 160 cm³/mol. The number of nitrogens with zero attached hydrogens (tertiary/aromatic N) is 3. The summed E-state index contributed by atoms with van der Waals surface area (Å²) in [6.07, 6.45) is 1.18. The predicted octanol–water partition coefficient (Wildman–Crippen LogP) is 3.94. The van der Waals surface area contributed by atoms with Gasteiger partial charge >= 0.3 is 6.03 Å². The Morgan fingerprint density at radius 3 is 2.45 bits per heavy atom. The number of hydrogen-bond donors (Lipinski definition) is 4. The fourth-order valence-electron chi connectivity index (χ4n) is 4.98. The van der Waals surface area contributed by atoms with Gasteiger partial charge in [0, 0.05) is 40.8 Å². The summed E-state index contributed by atoms with van der Waals surface area (Å²) < 4.78 is 0. The Hall–Kier alpha value is -4.44. The van der Waals surface area contributed by atoms with Crippen molar-refractivity contribution in [2.75, 3.05) is 49.7 Å². The third-order valence-corrected chi connectivity index (χ3v) is 7.01. The maximum atomic E-state index is 13.1. The molecule has 10 heteroatoms. The van der Waals surface area contributed by atoms with Crippen LogP contribution in [0.3, 0.4) is 0 Å². The van der Waals surface area contributed by atoms with Gasteiger partial charge in [-0.1, -0.05) is 12.6 Å². The Bertz CT molecular complexity index is 1380. The van der Waals surface area contributed by atoms with Gasteiger partial charge in [0.25, 0.3) is 5.91 Å². The number of likely N-dealkylation sites (N-methyl/N-ethyl adjacent to an activating group) is 1. The Balaban J connectivity index is 1.40. The topological polar surface area (TPSA) is 118 Å². The maximum absolute atomic E-state index is 13.1. The Labute approximate surface area is 235 Å². The highest BCUT2D eigenvalue weighted by molar-refractivity contribution is 6.12. The van der Waals surface area contributed by atoms with Crippen molar-refractivity contribution >= 4 is 40.7 Å². The molecule has 2 heterocycles. The maximum Gasteiger partial charge on any atom is 0.318 e. The van der Waals surface area contributed by atoms with Gasteiger partial charge in [0.05, 0.1) is 18.6 Å². The number of carbonyl (C=O) groups excluding carboxylic acids is 3. The quantitative estimate of drug-likeness (QED) is 0.376. The SMILES string of the molecule is C=CC(=O)Nc1ccc(C(=O)Nc2cccc(NC3=NCC4=C3CN(C(=O)NC(C)CN(C)C)C4(C)C)c2)cc1. The Kier molecular flexibility index (Phi) is 8.39. The summed E-state index contributed by atoms with van der Waals surface area (Å²) in [5, 5.41) is 12.1. The summed E-state index contributed by atoms with van der Waals surface area (Å²) in [6, 6.07) is 13.9. The van der Waals surface area contributed by atoms with E-state index in [0.29, 0.717) is 30.0 Å². The van der Waals surface area contributed by atoms with Crippen molar-refractivity contribution in [1.29, 1.82) is 0 Å². The zero-order valence-corrected chi connectivity index (χ0v) is 23.7. The molecule has 0 spiro atoms. The molecule has 4 N–H and O–H groups in total. The highest BCUT2D eigenvalue weighted by Gasteiger charge is 2.45. The van der Waals surface area contributed by atoms with E-state index in [-0.39, 0.29) is 23.9 Å². The van der Waals surface area contributed by atoms with Gasteiger partial charge in [-0.25, -0.2) is 4.79 Å². The van der Waals surface area contributed by atoms with Crippen molar-refractivity contribution in [3.05, 3.63) is 77.9 Å². The van der Waals surface area contributed by atoms with E-state index in [2.05, 4.69) is 41.7 Å². The van der Waals surface area contributed by atoms with Gasteiger partial charge in [-0.3, -0.25) is 14.6 Å². The first-order valence-electron chi connectivity index (χ1n) is 13.2. The molecular weight excluding hydrogens is 506 g/mol. The highest BCUT2D eigenvalue weighted by Crippen LogP contribution is 2.38. The first kappa shape index (κ1) is 28.6. The minimum absolute atomic E-state index is 0.0222. The van der Waals surface area contributed by atoms with Gasteiger partial charge in [0.2, 0.25) is 5.91 Å². The van der Waals surface area contributed by atoms with Crippen LogP contribution < -0.4 is 21.3 Å². The summed E-state index contributed by atoms with van der Waals surface area (Å²) >= 11 is 0. The van der Waals surface area contributed by atoms with E-state index < -0.39 is 5.54 Å². The van der Waals surface area contributed by atoms with Gasteiger partial charge in [-0.2, -0.15) is 0 Å². The van der Waals surface area contributed by atoms with Crippen molar-refractivity contribution in [1.82, 2.24) is 15.1 Å². The molecule has 0 aliphatic carbocycles. The van der Waals surface area contributed by atoms with Crippen LogP contribution >= 0.6 is 0 Å². The molecule has 0 saturated carbocycles. The van der Waals surface area contributed by atoms with E-state index in [1.54, 1.807) is 24.3 Å². The van der Waals surface area contributed by atoms with E-state index in [0.717, 1.165) is 29.2 Å². The molecule has 40 heavy (non-hydrogen) atoms. The molecule has 0 fully saturated rings. The van der Waals surface area contributed by atoms with Crippen molar-refractivity contribution in [2.45, 2.75) is 32.4 Å². The van der Waals surface area contributed by atoms with Crippen LogP contribution in [0.2, 0.25) is 0 Å². The monoisotopic (exact) mass is 543 g/mol. The number of amides is 4. The number of aliphatic imine (C=N–C) groups is 1. The molecule has 0 saturated heterocycles. The summed E-state index contributed by atoms with van der Waals surface area (Å²) in [4.78, 5) is 46.0. The number of benzene rings is 2. The lowest BCUT2D eigenvalue weighted by Crippen LogP contribution is -2.53. The average Bonchev–Trinajstić information content (AvgIpc) is 3.41. The molecule has 1 atom stereocenters. The number of carbonyl (C=O) groups is 3. The van der Waals surface area contributed by atoms with Crippen LogP contribution in [0.5, 0.6) is 0 Å². The molecule has 0 bridgehead atoms. The highest BCUT2D eigenvalue weighted by atomic mass is 16.2. The van der Waals surface area contributed by atoms with Gasteiger partial charge in [-0.05, 0) is 89.0 Å². The zero-order chi connectivity index (χ0) is 29.0. The lowest BCUT2D eigenvalue weighted by Gasteiger charge is -2.35. The molecule has 10 nitrogen and oxygen atoms in total. The number of anilines is 3. The van der Waals surface area contributed by atoms with Crippen LogP contribution in [-0.2, 0) is 4.79 Å². The van der Waals surface area contributed by atoms with E-state index in [9.17, 15) is 14.4 Å². The molecular formula is C30H37N7O3. The van der Waals surface area contributed by atoms with Crippen LogP contribution in [0.1, 0.15) is 31.1 Å². The number of amidine groups is 1. The standard InChI is InChI=1S/C30H37N7O3/c1-7-26(38)33-21-13-11-20(12-14-21)28(39)35-23-10-8-9-22(15-23)34-27-24-18-37(30(3,4)25(24)16-31-27)29(40)32-19(2)17-36(5)6/h7-15,19H,1,16-18H2,2-6H3,(H,31,34)(H,32,40)(H,33,38)(H,35,39). The molecule has 0 radical (unpaired) electrons. The molecule has 2 aromatic rings. The van der Waals surface area contributed by atoms with E-state index >= 15 is 0 Å². The second-order valence-corrected chi connectivity index (χ2v) is 10.8. The Morgan fingerprint density at radius 1 is 1.07 bits per heavy atom. The molecule has 4 rings (SSSR count). The van der Waals surface area contributed by atoms with E-state index in [1.807, 2.05) is 55.1 Å². The van der Waals surface area contributed by atoms with Crippen molar-refractivity contribution in [2.24, 2.45) is 4.99 Å². The summed E-state index contributed by atoms with van der Waals surface area (Å²) in [6.45, 7) is 11.3. The summed E-state index contributed by atoms with van der Waals surface area (Å²) in [7, 11) is 3.97. The number of urea groups is 1. The van der Waals surface area contributed by atoms with Crippen molar-refractivity contribution in [3.63, 3.8) is 0 Å². The van der Waals surface area contributed by atoms with Gasteiger partial charge in [0.15, 0.2) is 0 Å². The molecule has 0 aromatic heterocycles. The third kappa shape index (κ3) is 6.40. The zero-order valence-electron chi connectivity index (χ0n) is 23.7. The fraction of sp³-hybridized carbons (Fsp3) is 0.333. The number of nitrogens with one attached hydrogen (secondary N) is 4. The smallest absolute Gasteiger partial charge is 0.318 e. The lowest BCUT2D eigenvalue weighted by molar-refractivity contribution is -0.111. The van der Waals surface area contributed by atoms with Crippen molar-refractivity contribution in [3.8, 4) is 0 Å². The molecule has 2 aliphatic rings. The normalized spacial score (nSPS) is 16.2. The lowest BCUT2D eigenvalue weighted by atomic mass is 9.94. The van der Waals surface area contributed by atoms with Crippen LogP contribution in [0, 0.1) is 0 Å².